The molecule has 0 aliphatic carbocycles. The number of amides is 1. The van der Waals surface area contributed by atoms with Crippen LogP contribution in [0.5, 0.6) is 0 Å². The van der Waals surface area contributed by atoms with E-state index in [1.165, 1.54) is 0 Å². The molecule has 82 valence electrons. The molecule has 1 saturated heterocycles. The van der Waals surface area contributed by atoms with Crippen molar-refractivity contribution in [3.05, 3.63) is 0 Å². The van der Waals surface area contributed by atoms with E-state index in [0.717, 1.165) is 25.9 Å². The molecular formula is C8H16N2O3S. The van der Waals surface area contributed by atoms with Crippen molar-refractivity contribution in [3.63, 3.8) is 0 Å². The van der Waals surface area contributed by atoms with E-state index in [-0.39, 0.29) is 17.6 Å². The van der Waals surface area contributed by atoms with Crippen LogP contribution in [0.25, 0.3) is 0 Å². The number of hydrogen-bond acceptors (Lipinski definition) is 3. The lowest BCUT2D eigenvalue weighted by molar-refractivity contribution is -0.123. The molecule has 14 heavy (non-hydrogen) atoms. The zero-order valence-electron chi connectivity index (χ0n) is 8.02. The summed E-state index contributed by atoms with van der Waals surface area (Å²) in [6, 6.07) is 0. The second-order valence-corrected chi connectivity index (χ2v) is 4.60. The maximum absolute atomic E-state index is 10.8. The average molecular weight is 220 g/mol. The van der Waals surface area contributed by atoms with Crippen molar-refractivity contribution >= 4 is 17.0 Å². The zero-order valence-corrected chi connectivity index (χ0v) is 8.83. The lowest BCUT2D eigenvalue weighted by Gasteiger charge is -2.29. The van der Waals surface area contributed by atoms with Crippen molar-refractivity contribution in [2.45, 2.75) is 12.8 Å². The Bertz CT molecular complexity index is 227. The molecule has 1 aliphatic rings. The number of carbonyl (C=O) groups excluding carboxylic acids is 1. The highest BCUT2D eigenvalue weighted by Gasteiger charge is 2.22. The molecule has 1 atom stereocenters. The van der Waals surface area contributed by atoms with Crippen molar-refractivity contribution < 1.29 is 13.6 Å². The molecule has 1 fully saturated rings. The van der Waals surface area contributed by atoms with Crippen LogP contribution in [0.15, 0.2) is 0 Å². The van der Waals surface area contributed by atoms with Crippen LogP contribution in [0, 0.1) is 5.92 Å². The van der Waals surface area contributed by atoms with Crippen LogP contribution in [-0.2, 0) is 15.9 Å². The van der Waals surface area contributed by atoms with Crippen molar-refractivity contribution in [3.8, 4) is 0 Å². The summed E-state index contributed by atoms with van der Waals surface area (Å²) in [7, 11) is 0. The van der Waals surface area contributed by atoms with Crippen LogP contribution in [0.2, 0.25) is 0 Å². The van der Waals surface area contributed by atoms with Crippen LogP contribution >= 0.6 is 0 Å². The molecule has 0 radical (unpaired) electrons. The van der Waals surface area contributed by atoms with Crippen LogP contribution in [0.3, 0.4) is 0 Å². The van der Waals surface area contributed by atoms with Crippen molar-refractivity contribution in [2.75, 3.05) is 25.4 Å². The number of likely N-dealkylation sites (tertiary alicyclic amines) is 1. The molecule has 1 amide bonds. The molecule has 0 saturated carbocycles. The Morgan fingerprint density at radius 2 is 2.07 bits per heavy atom. The fourth-order valence-electron chi connectivity index (χ4n) is 1.65. The van der Waals surface area contributed by atoms with E-state index in [0.29, 0.717) is 6.54 Å². The van der Waals surface area contributed by atoms with E-state index in [1.54, 1.807) is 0 Å². The summed E-state index contributed by atoms with van der Waals surface area (Å²) in [5.41, 5.74) is 5.19. The Morgan fingerprint density at radius 1 is 1.50 bits per heavy atom. The van der Waals surface area contributed by atoms with Crippen molar-refractivity contribution in [1.29, 1.82) is 0 Å². The quantitative estimate of drug-likeness (QED) is 0.620. The van der Waals surface area contributed by atoms with Crippen LogP contribution in [-0.4, -0.2) is 45.0 Å². The third-order valence-corrected chi connectivity index (χ3v) is 3.10. The standard InChI is InChI=1S/C8H16N2O3S/c9-8(11)7-1-3-10(4-2-7)5-6-14(12)13/h7H,1-6H2,(H2,9,11)(H,12,13). The molecular weight excluding hydrogens is 204 g/mol. The van der Waals surface area contributed by atoms with Gasteiger partial charge >= 0.3 is 0 Å². The molecule has 5 nitrogen and oxygen atoms in total. The SMILES string of the molecule is NC(=O)C1CCN(CCS(=O)O)CC1. The molecule has 1 aliphatic heterocycles. The minimum absolute atomic E-state index is 0.00845. The first-order chi connectivity index (χ1) is 6.59. The van der Waals surface area contributed by atoms with Gasteiger partial charge in [0.2, 0.25) is 5.91 Å². The Labute approximate surface area is 85.9 Å². The van der Waals surface area contributed by atoms with Gasteiger partial charge in [0.1, 0.15) is 0 Å². The minimum atomic E-state index is -1.72. The van der Waals surface area contributed by atoms with E-state index in [1.807, 2.05) is 0 Å². The molecule has 1 rings (SSSR count). The Hall–Kier alpha value is -0.460. The normalized spacial score (nSPS) is 22.1. The Kier molecular flexibility index (Phi) is 4.50. The first-order valence-electron chi connectivity index (χ1n) is 4.68. The number of rotatable bonds is 4. The first kappa shape index (κ1) is 11.6. The Morgan fingerprint density at radius 3 is 2.50 bits per heavy atom. The van der Waals surface area contributed by atoms with Gasteiger partial charge in [-0.2, -0.15) is 0 Å². The molecule has 0 spiro atoms. The van der Waals surface area contributed by atoms with Crippen molar-refractivity contribution in [1.82, 2.24) is 4.90 Å². The lowest BCUT2D eigenvalue weighted by atomic mass is 9.96. The molecule has 1 unspecified atom stereocenters. The monoisotopic (exact) mass is 220 g/mol. The number of nitrogens with two attached hydrogens (primary N) is 1. The van der Waals surface area contributed by atoms with Gasteiger partial charge in [-0.1, -0.05) is 0 Å². The van der Waals surface area contributed by atoms with Crippen LogP contribution < -0.4 is 5.73 Å². The minimum Gasteiger partial charge on any atom is -0.369 e. The lowest BCUT2D eigenvalue weighted by Crippen LogP contribution is -2.40. The number of primary amides is 1. The Balaban J connectivity index is 2.22. The third-order valence-electron chi connectivity index (χ3n) is 2.57. The number of carbonyl (C=O) groups is 1. The molecule has 0 aromatic rings. The van der Waals surface area contributed by atoms with E-state index < -0.39 is 11.1 Å². The number of nitrogens with zero attached hydrogens (tertiary/aromatic N) is 1. The van der Waals surface area contributed by atoms with Gasteiger partial charge in [-0.05, 0) is 25.9 Å². The summed E-state index contributed by atoms with van der Waals surface area (Å²) in [6.07, 6.45) is 1.54. The first-order valence-corrected chi connectivity index (χ1v) is 5.96. The molecule has 6 heteroatoms. The fraction of sp³-hybridized carbons (Fsp3) is 0.875. The molecule has 0 aromatic heterocycles. The van der Waals surface area contributed by atoms with Gasteiger partial charge in [0.15, 0.2) is 11.1 Å². The highest BCUT2D eigenvalue weighted by molar-refractivity contribution is 7.79. The van der Waals surface area contributed by atoms with Gasteiger partial charge in [0.25, 0.3) is 0 Å². The highest BCUT2D eigenvalue weighted by atomic mass is 32.2. The van der Waals surface area contributed by atoms with E-state index in [4.69, 9.17) is 10.3 Å². The number of piperidine rings is 1. The predicted octanol–water partition coefficient (Wildman–Crippen LogP) is -0.595. The van der Waals surface area contributed by atoms with Gasteiger partial charge in [-0.3, -0.25) is 4.79 Å². The van der Waals surface area contributed by atoms with Crippen LogP contribution in [0.4, 0.5) is 0 Å². The van der Waals surface area contributed by atoms with Gasteiger partial charge in [0.05, 0.1) is 5.75 Å². The second-order valence-electron chi connectivity index (χ2n) is 3.54. The maximum atomic E-state index is 10.8. The zero-order chi connectivity index (χ0) is 10.6. The predicted molar refractivity (Wildman–Crippen MR) is 54.0 cm³/mol. The van der Waals surface area contributed by atoms with E-state index in [2.05, 4.69) is 4.90 Å². The smallest absolute Gasteiger partial charge is 0.220 e. The van der Waals surface area contributed by atoms with Gasteiger partial charge in [0, 0.05) is 12.5 Å². The second kappa shape index (κ2) is 5.43. The molecule has 3 N–H and O–H groups in total. The van der Waals surface area contributed by atoms with Crippen molar-refractivity contribution in [2.24, 2.45) is 11.7 Å². The fourth-order valence-corrected chi connectivity index (χ4v) is 2.06. The average Bonchev–Trinajstić information content (AvgIpc) is 2.15. The summed E-state index contributed by atoms with van der Waals surface area (Å²) in [4.78, 5) is 12.9. The molecule has 0 aromatic carbocycles. The maximum Gasteiger partial charge on any atom is 0.220 e. The molecule has 1 heterocycles. The summed E-state index contributed by atoms with van der Waals surface area (Å²) in [5.74, 6) is 0.0441. The van der Waals surface area contributed by atoms with Gasteiger partial charge < -0.3 is 15.2 Å². The summed E-state index contributed by atoms with van der Waals surface area (Å²) in [6.45, 7) is 2.21. The summed E-state index contributed by atoms with van der Waals surface area (Å²) >= 11 is -1.72. The van der Waals surface area contributed by atoms with E-state index in [9.17, 15) is 9.00 Å². The number of hydrogen-bond donors (Lipinski definition) is 2. The largest absolute Gasteiger partial charge is 0.369 e. The topological polar surface area (TPSA) is 83.6 Å². The van der Waals surface area contributed by atoms with Crippen LogP contribution in [0.1, 0.15) is 12.8 Å². The highest BCUT2D eigenvalue weighted by Crippen LogP contribution is 2.15. The summed E-state index contributed by atoms with van der Waals surface area (Å²) < 4.78 is 19.0. The molecule has 0 bridgehead atoms. The van der Waals surface area contributed by atoms with E-state index >= 15 is 0 Å². The third kappa shape index (κ3) is 3.73. The summed E-state index contributed by atoms with van der Waals surface area (Å²) in [5, 5.41) is 0. The van der Waals surface area contributed by atoms with Gasteiger partial charge in [-0.15, -0.1) is 0 Å². The van der Waals surface area contributed by atoms with Gasteiger partial charge in [-0.25, -0.2) is 4.21 Å².